The summed E-state index contributed by atoms with van der Waals surface area (Å²) in [5.41, 5.74) is 6.78. The molecule has 0 amide bonds. The molecule has 0 aliphatic heterocycles. The molecule has 0 spiro atoms. The first-order valence-electron chi connectivity index (χ1n) is 10.4. The molecule has 32 heavy (non-hydrogen) atoms. The number of thiazole rings is 2. The molecule has 4 aromatic carbocycles. The van der Waals surface area contributed by atoms with Crippen LogP contribution < -0.4 is 0 Å². The maximum absolute atomic E-state index is 4.75. The summed E-state index contributed by atoms with van der Waals surface area (Å²) in [6, 6.07) is 33.7. The van der Waals surface area contributed by atoms with E-state index in [0.717, 1.165) is 32.2 Å². The van der Waals surface area contributed by atoms with Crippen LogP contribution in [0, 0.1) is 0 Å². The number of nitrogens with zero attached hydrogens (tertiary/aromatic N) is 2. The molecular weight excluding hydrogens is 428 g/mol. The molecule has 0 aliphatic rings. The molecule has 0 atom stereocenters. The van der Waals surface area contributed by atoms with Crippen molar-refractivity contribution in [1.29, 1.82) is 0 Å². The minimum absolute atomic E-state index is 1.06. The fraction of sp³-hybridized carbons (Fsp3) is 0. The number of aromatic nitrogens is 2. The molecular formula is C28H18N2S2. The van der Waals surface area contributed by atoms with Crippen molar-refractivity contribution in [3.05, 3.63) is 108 Å². The number of rotatable bonds is 4. The summed E-state index contributed by atoms with van der Waals surface area (Å²) in [7, 11) is 0. The lowest BCUT2D eigenvalue weighted by Gasteiger charge is -1.99. The highest BCUT2D eigenvalue weighted by Crippen LogP contribution is 2.31. The summed E-state index contributed by atoms with van der Waals surface area (Å²) >= 11 is 3.47. The zero-order valence-electron chi connectivity index (χ0n) is 17.1. The van der Waals surface area contributed by atoms with Gasteiger partial charge in [0, 0.05) is 11.1 Å². The molecule has 2 nitrogen and oxygen atoms in total. The molecule has 152 valence electrons. The fourth-order valence-electron chi connectivity index (χ4n) is 3.66. The normalized spacial score (nSPS) is 11.6. The Morgan fingerprint density at radius 3 is 1.28 bits per heavy atom. The first kappa shape index (κ1) is 19.1. The highest BCUT2D eigenvalue weighted by Gasteiger charge is 2.06. The van der Waals surface area contributed by atoms with E-state index >= 15 is 0 Å². The Hall–Kier alpha value is -3.60. The van der Waals surface area contributed by atoms with Gasteiger partial charge >= 0.3 is 0 Å². The number of hydrogen-bond acceptors (Lipinski definition) is 4. The molecule has 2 heterocycles. The lowest BCUT2D eigenvalue weighted by atomic mass is 10.1. The van der Waals surface area contributed by atoms with Crippen molar-refractivity contribution in [3.63, 3.8) is 0 Å². The molecule has 6 aromatic rings. The minimum Gasteiger partial charge on any atom is -0.236 e. The molecule has 0 unspecified atom stereocenters. The second kappa shape index (κ2) is 8.15. The SMILES string of the molecule is C(=C\c1ccc(-c2nc3ccccc3s2)cc1)/c1ccc(-c2nc3ccccc3s2)cc1. The third-order valence-electron chi connectivity index (χ3n) is 5.37. The van der Waals surface area contributed by atoms with Gasteiger partial charge in [0.25, 0.3) is 0 Å². The maximum Gasteiger partial charge on any atom is 0.124 e. The molecule has 0 saturated carbocycles. The molecule has 6 rings (SSSR count). The van der Waals surface area contributed by atoms with Crippen molar-refractivity contribution in [2.24, 2.45) is 0 Å². The van der Waals surface area contributed by atoms with Crippen LogP contribution in [0.25, 0.3) is 53.7 Å². The van der Waals surface area contributed by atoms with E-state index in [1.54, 1.807) is 22.7 Å². The quantitative estimate of drug-likeness (QED) is 0.254. The Kier molecular flexibility index (Phi) is 4.87. The largest absolute Gasteiger partial charge is 0.236 e. The van der Waals surface area contributed by atoms with E-state index in [4.69, 9.17) is 9.97 Å². The van der Waals surface area contributed by atoms with Crippen LogP contribution in [0.5, 0.6) is 0 Å². The van der Waals surface area contributed by atoms with E-state index < -0.39 is 0 Å². The van der Waals surface area contributed by atoms with Crippen LogP contribution in [0.2, 0.25) is 0 Å². The Labute approximate surface area is 194 Å². The van der Waals surface area contributed by atoms with E-state index in [1.165, 1.54) is 20.5 Å². The lowest BCUT2D eigenvalue weighted by molar-refractivity contribution is 1.47. The molecule has 0 saturated heterocycles. The van der Waals surface area contributed by atoms with Crippen molar-refractivity contribution < 1.29 is 0 Å². The van der Waals surface area contributed by atoms with Gasteiger partial charge in [-0.2, -0.15) is 0 Å². The van der Waals surface area contributed by atoms with Crippen molar-refractivity contribution in [3.8, 4) is 21.1 Å². The zero-order valence-corrected chi connectivity index (χ0v) is 18.7. The number of para-hydroxylation sites is 2. The standard InChI is InChI=1S/C28H18N2S2/c1-3-7-25-23(5-1)29-27(31-25)21-15-11-19(12-16-21)9-10-20-13-17-22(18-14-20)28-30-24-6-2-4-8-26(24)32-28/h1-18H/b10-9+. The van der Waals surface area contributed by atoms with Crippen LogP contribution in [-0.4, -0.2) is 9.97 Å². The Morgan fingerprint density at radius 2 is 0.875 bits per heavy atom. The molecule has 4 heteroatoms. The van der Waals surface area contributed by atoms with Crippen molar-refractivity contribution in [2.75, 3.05) is 0 Å². The summed E-state index contributed by atoms with van der Waals surface area (Å²) < 4.78 is 2.45. The summed E-state index contributed by atoms with van der Waals surface area (Å²) in [5.74, 6) is 0. The average molecular weight is 447 g/mol. The van der Waals surface area contributed by atoms with E-state index in [9.17, 15) is 0 Å². The maximum atomic E-state index is 4.75. The van der Waals surface area contributed by atoms with Crippen molar-refractivity contribution in [2.45, 2.75) is 0 Å². The molecule has 2 aromatic heterocycles. The number of hydrogen-bond donors (Lipinski definition) is 0. The topological polar surface area (TPSA) is 25.8 Å². The van der Waals surface area contributed by atoms with Crippen LogP contribution in [0.15, 0.2) is 97.1 Å². The van der Waals surface area contributed by atoms with E-state index in [1.807, 2.05) is 12.1 Å². The van der Waals surface area contributed by atoms with E-state index in [0.29, 0.717) is 0 Å². The lowest BCUT2D eigenvalue weighted by Crippen LogP contribution is -1.79. The zero-order chi connectivity index (χ0) is 21.3. The second-order valence-corrected chi connectivity index (χ2v) is 9.61. The first-order valence-corrected chi connectivity index (χ1v) is 12.1. The van der Waals surface area contributed by atoms with Gasteiger partial charge in [-0.25, -0.2) is 9.97 Å². The van der Waals surface area contributed by atoms with Gasteiger partial charge in [-0.3, -0.25) is 0 Å². The summed E-state index contributed by atoms with van der Waals surface area (Å²) in [6.07, 6.45) is 4.30. The van der Waals surface area contributed by atoms with Crippen LogP contribution in [0.4, 0.5) is 0 Å². The molecule has 0 N–H and O–H groups in total. The number of benzene rings is 4. The van der Waals surface area contributed by atoms with Crippen LogP contribution in [0.3, 0.4) is 0 Å². The Morgan fingerprint density at radius 1 is 0.469 bits per heavy atom. The molecule has 0 radical (unpaired) electrons. The molecule has 0 aliphatic carbocycles. The highest BCUT2D eigenvalue weighted by molar-refractivity contribution is 7.22. The van der Waals surface area contributed by atoms with Crippen LogP contribution >= 0.6 is 22.7 Å². The Bertz CT molecular complexity index is 1370. The van der Waals surface area contributed by atoms with Crippen LogP contribution in [0.1, 0.15) is 11.1 Å². The van der Waals surface area contributed by atoms with E-state index in [2.05, 4.69) is 97.1 Å². The second-order valence-electron chi connectivity index (χ2n) is 7.55. The van der Waals surface area contributed by atoms with E-state index in [-0.39, 0.29) is 0 Å². The van der Waals surface area contributed by atoms with Gasteiger partial charge in [0.1, 0.15) is 10.0 Å². The first-order chi connectivity index (χ1) is 15.8. The van der Waals surface area contributed by atoms with Gasteiger partial charge in [0.05, 0.1) is 20.4 Å². The van der Waals surface area contributed by atoms with Gasteiger partial charge in [-0.05, 0) is 35.4 Å². The van der Waals surface area contributed by atoms with Gasteiger partial charge < -0.3 is 0 Å². The van der Waals surface area contributed by atoms with Crippen molar-refractivity contribution >= 4 is 55.3 Å². The van der Waals surface area contributed by atoms with Gasteiger partial charge in [0.2, 0.25) is 0 Å². The smallest absolute Gasteiger partial charge is 0.124 e. The minimum atomic E-state index is 1.06. The third-order valence-corrected chi connectivity index (χ3v) is 7.54. The number of fused-ring (bicyclic) bond motifs is 2. The summed E-state index contributed by atoms with van der Waals surface area (Å²) in [6.45, 7) is 0. The summed E-state index contributed by atoms with van der Waals surface area (Å²) in [4.78, 5) is 9.50. The third kappa shape index (κ3) is 3.75. The predicted octanol–water partition coefficient (Wildman–Crippen LogP) is 8.41. The fourth-order valence-corrected chi connectivity index (χ4v) is 5.60. The van der Waals surface area contributed by atoms with Gasteiger partial charge in [-0.15, -0.1) is 22.7 Å². The average Bonchev–Trinajstić information content (AvgIpc) is 3.48. The van der Waals surface area contributed by atoms with Gasteiger partial charge in [-0.1, -0.05) is 84.9 Å². The predicted molar refractivity (Wildman–Crippen MR) is 139 cm³/mol. The summed E-state index contributed by atoms with van der Waals surface area (Å²) in [5, 5.41) is 2.12. The molecule has 0 bridgehead atoms. The highest BCUT2D eigenvalue weighted by atomic mass is 32.1. The van der Waals surface area contributed by atoms with Crippen LogP contribution in [-0.2, 0) is 0 Å². The van der Waals surface area contributed by atoms with Gasteiger partial charge in [0.15, 0.2) is 0 Å². The Balaban J connectivity index is 1.19. The van der Waals surface area contributed by atoms with Crippen molar-refractivity contribution in [1.82, 2.24) is 9.97 Å². The monoisotopic (exact) mass is 446 g/mol. The molecule has 0 fully saturated rings.